The van der Waals surface area contributed by atoms with Crippen molar-refractivity contribution in [2.24, 2.45) is 11.5 Å². The first-order valence-corrected chi connectivity index (χ1v) is 14.3. The lowest BCUT2D eigenvalue weighted by Gasteiger charge is -2.21. The van der Waals surface area contributed by atoms with E-state index in [2.05, 4.69) is 21.3 Å². The maximum absolute atomic E-state index is 13.5. The Labute approximate surface area is 317 Å². The molecule has 0 fully saturated rings. The second-order valence-electron chi connectivity index (χ2n) is 10.6. The minimum absolute atomic E-state index is 0. The van der Waals surface area contributed by atoms with Crippen LogP contribution in [0.25, 0.3) is 0 Å². The van der Waals surface area contributed by atoms with E-state index in [1.807, 2.05) is 80.6 Å². The third-order valence-electron chi connectivity index (χ3n) is 7.15. The molecule has 6 rings (SSSR count). The van der Waals surface area contributed by atoms with E-state index in [4.69, 9.17) is 26.7 Å². The van der Waals surface area contributed by atoms with E-state index in [0.29, 0.717) is 41.8 Å². The molecule has 9 nitrogen and oxygen atoms in total. The third-order valence-corrected chi connectivity index (χ3v) is 7.15. The molecule has 4 aromatic rings. The zero-order chi connectivity index (χ0) is 31.1. The van der Waals surface area contributed by atoms with Gasteiger partial charge in [-0.1, -0.05) is 42.5 Å². The van der Waals surface area contributed by atoms with Gasteiger partial charge in [0, 0.05) is 37.4 Å². The summed E-state index contributed by atoms with van der Waals surface area (Å²) in [5, 5.41) is 12.9. The number of halogens is 6. The van der Waals surface area contributed by atoms with Crippen LogP contribution in [0.3, 0.4) is 0 Å². The molecule has 4 aromatic carbocycles. The summed E-state index contributed by atoms with van der Waals surface area (Å²) in [4.78, 5) is 0. The van der Waals surface area contributed by atoms with Gasteiger partial charge >= 0.3 is 0 Å². The van der Waals surface area contributed by atoms with Crippen LogP contribution in [0.1, 0.15) is 36.1 Å². The molecule has 0 aromatic heterocycles. The Bertz CT molecular complexity index is 1710. The van der Waals surface area contributed by atoms with Gasteiger partial charge in [-0.15, -0.1) is 62.0 Å². The van der Waals surface area contributed by atoms with E-state index in [1.165, 1.54) is 11.6 Å². The molecule has 0 spiro atoms. The van der Waals surface area contributed by atoms with Gasteiger partial charge in [-0.2, -0.15) is 0 Å². The van der Waals surface area contributed by atoms with Crippen LogP contribution in [0.2, 0.25) is 0 Å². The average Bonchev–Trinajstić information content (AvgIpc) is 3.01. The monoisotopic (exact) mass is 775 g/mol. The van der Waals surface area contributed by atoms with Crippen molar-refractivity contribution in [3.05, 3.63) is 136 Å². The number of rotatable bonds is 8. The number of hydrogen-bond donors (Lipinski definition) is 7. The number of ether oxygens (including phenoxy) is 2. The van der Waals surface area contributed by atoms with Gasteiger partial charge in [0.05, 0.1) is 11.4 Å². The van der Waals surface area contributed by atoms with Gasteiger partial charge in [0.2, 0.25) is 0 Å². The Kier molecular flexibility index (Phi) is 19.7. The Balaban J connectivity index is 0.000000853. The average molecular weight is 778 g/mol. The lowest BCUT2D eigenvalue weighted by atomic mass is 10.1. The molecular weight excluding hydrogens is 735 g/mol. The van der Waals surface area contributed by atoms with Crippen LogP contribution < -0.4 is 47.9 Å². The lowest BCUT2D eigenvalue weighted by molar-refractivity contribution is 0.415. The highest BCUT2D eigenvalue weighted by Gasteiger charge is 2.16. The topological polar surface area (TPSA) is 145 Å². The maximum Gasteiger partial charge on any atom is 0.150 e. The Morgan fingerprint density at radius 1 is 0.571 bits per heavy atom. The number of fused-ring (bicyclic) bond motifs is 2. The predicted molar refractivity (Wildman–Crippen MR) is 210 cm³/mol. The van der Waals surface area contributed by atoms with E-state index in [9.17, 15) is 4.39 Å². The molecular formula is C34H43Cl5FN7O2. The zero-order valence-electron chi connectivity index (χ0n) is 26.9. The molecule has 2 heterocycles. The van der Waals surface area contributed by atoms with Crippen molar-refractivity contribution in [1.82, 2.24) is 10.6 Å². The van der Waals surface area contributed by atoms with Gasteiger partial charge in [0.1, 0.15) is 29.0 Å². The number of anilines is 3. The quantitative estimate of drug-likeness (QED) is 0.0897. The summed E-state index contributed by atoms with van der Waals surface area (Å²) in [7, 11) is 0. The van der Waals surface area contributed by atoms with E-state index >= 15 is 0 Å². The summed E-state index contributed by atoms with van der Waals surface area (Å²) >= 11 is 0. The van der Waals surface area contributed by atoms with Crippen LogP contribution in [-0.4, -0.2) is 0 Å². The first kappa shape index (κ1) is 45.3. The second kappa shape index (κ2) is 21.4. The number of nitrogen functional groups attached to an aromatic ring is 1. The van der Waals surface area contributed by atoms with Gasteiger partial charge in [-0.25, -0.2) is 4.39 Å². The van der Waals surface area contributed by atoms with Gasteiger partial charge in [0.25, 0.3) is 0 Å². The molecule has 268 valence electrons. The molecule has 49 heavy (non-hydrogen) atoms. The van der Waals surface area contributed by atoms with Crippen LogP contribution in [-0.2, 0) is 26.2 Å². The molecule has 0 amide bonds. The van der Waals surface area contributed by atoms with Crippen molar-refractivity contribution in [1.29, 1.82) is 0 Å². The van der Waals surface area contributed by atoms with Crippen molar-refractivity contribution < 1.29 is 13.9 Å². The van der Waals surface area contributed by atoms with Crippen LogP contribution in [0.4, 0.5) is 21.5 Å². The predicted octanol–water partition coefficient (Wildman–Crippen LogP) is 7.69. The highest BCUT2D eigenvalue weighted by atomic mass is 35.5. The van der Waals surface area contributed by atoms with E-state index in [1.54, 1.807) is 12.1 Å². The third kappa shape index (κ3) is 12.6. The summed E-state index contributed by atoms with van der Waals surface area (Å²) in [5.74, 6) is 3.80. The summed E-state index contributed by atoms with van der Waals surface area (Å²) in [6, 6.07) is 26.5. The summed E-state index contributed by atoms with van der Waals surface area (Å²) in [6.07, 6.45) is 0. The van der Waals surface area contributed by atoms with Gasteiger partial charge in [0.15, 0.2) is 11.5 Å². The molecule has 0 aliphatic carbocycles. The molecule has 0 atom stereocenters. The zero-order valence-corrected chi connectivity index (χ0v) is 31.0. The largest absolute Gasteiger partial charge is 0.456 e. The minimum atomic E-state index is -0.191. The van der Waals surface area contributed by atoms with Crippen molar-refractivity contribution in [3.8, 4) is 11.5 Å². The molecule has 0 unspecified atom stereocenters. The second-order valence-corrected chi connectivity index (χ2v) is 10.6. The van der Waals surface area contributed by atoms with E-state index < -0.39 is 0 Å². The van der Waals surface area contributed by atoms with Gasteiger partial charge < -0.3 is 47.9 Å². The van der Waals surface area contributed by atoms with Crippen LogP contribution >= 0.6 is 62.0 Å². The standard InChI is InChI=1S/C17H18FN3O.C17H20N4O.5ClH/c1-11-17(19)21-15-8-12(6-7-16(15)22-11)9-20-10-13-4-2-3-5-14(13)18;1-11-17(19)21-15-8-13(4-7-16(15)22-11)10-20-9-12-2-5-14(18)6-3-12;;;;;/h2-8,20-21H,9-10,19H2,1H3;2-8,20-21H,9-10,18-19H2,1H3;5*1H. The minimum Gasteiger partial charge on any atom is -0.456 e. The Hall–Kier alpha value is -3.74. The molecule has 15 heteroatoms. The fourth-order valence-electron chi connectivity index (χ4n) is 4.62. The van der Waals surface area contributed by atoms with Crippen molar-refractivity contribution in [3.63, 3.8) is 0 Å². The molecule has 0 radical (unpaired) electrons. The van der Waals surface area contributed by atoms with Gasteiger partial charge in [-0.05, 0) is 73.0 Å². The molecule has 0 bridgehead atoms. The molecule has 0 saturated carbocycles. The maximum atomic E-state index is 13.5. The van der Waals surface area contributed by atoms with Crippen LogP contribution in [0, 0.1) is 5.82 Å². The fraction of sp³-hybridized carbons (Fsp3) is 0.176. The number of hydrogen-bond acceptors (Lipinski definition) is 9. The summed E-state index contributed by atoms with van der Waals surface area (Å²) < 4.78 is 24.8. The lowest BCUT2D eigenvalue weighted by Crippen LogP contribution is -2.19. The molecule has 2 aliphatic heterocycles. The molecule has 0 saturated heterocycles. The first-order valence-electron chi connectivity index (χ1n) is 14.3. The number of benzene rings is 4. The summed E-state index contributed by atoms with van der Waals surface area (Å²) in [6.45, 7) is 6.33. The van der Waals surface area contributed by atoms with Crippen LogP contribution in [0.5, 0.6) is 11.5 Å². The van der Waals surface area contributed by atoms with E-state index in [0.717, 1.165) is 52.8 Å². The number of nitrogens with two attached hydrogens (primary N) is 3. The summed E-state index contributed by atoms with van der Waals surface area (Å²) in [5.41, 5.74) is 24.0. The van der Waals surface area contributed by atoms with Crippen molar-refractivity contribution >= 4 is 79.1 Å². The highest BCUT2D eigenvalue weighted by molar-refractivity contribution is 5.86. The fourth-order valence-corrected chi connectivity index (χ4v) is 4.62. The van der Waals surface area contributed by atoms with Crippen molar-refractivity contribution in [2.45, 2.75) is 40.0 Å². The number of allylic oxidation sites excluding steroid dienone is 2. The van der Waals surface area contributed by atoms with Crippen LogP contribution in [0.15, 0.2) is 108 Å². The first-order chi connectivity index (χ1) is 21.2. The van der Waals surface area contributed by atoms with Crippen molar-refractivity contribution in [2.75, 3.05) is 16.4 Å². The SMILES string of the molecule is CC1=C(N)Nc2cc(CNCc3ccc(N)cc3)ccc2O1.CC1=C(N)Nc2cc(CNCc3ccccc3F)ccc2O1.Cl.Cl.Cl.Cl.Cl. The normalized spacial score (nSPS) is 12.0. The number of nitrogens with one attached hydrogen (secondary N) is 4. The smallest absolute Gasteiger partial charge is 0.150 e. The Morgan fingerprint density at radius 2 is 1.00 bits per heavy atom. The molecule has 2 aliphatic rings. The Morgan fingerprint density at radius 3 is 1.49 bits per heavy atom. The molecule has 10 N–H and O–H groups in total. The van der Waals surface area contributed by atoms with Gasteiger partial charge in [-0.3, -0.25) is 0 Å². The highest BCUT2D eigenvalue weighted by Crippen LogP contribution is 2.33. The van der Waals surface area contributed by atoms with E-state index in [-0.39, 0.29) is 67.9 Å².